The maximum atomic E-state index is 12.3. The summed E-state index contributed by atoms with van der Waals surface area (Å²) in [7, 11) is 0. The number of carbonyl (C=O) groups excluding carboxylic acids is 1. The number of piperidine rings is 1. The van der Waals surface area contributed by atoms with Crippen LogP contribution in [0.15, 0.2) is 48.7 Å². The zero-order valence-electron chi connectivity index (χ0n) is 14.3. The molecule has 25 heavy (non-hydrogen) atoms. The third-order valence-corrected chi connectivity index (χ3v) is 4.93. The van der Waals surface area contributed by atoms with Gasteiger partial charge in [0.25, 0.3) is 0 Å². The lowest BCUT2D eigenvalue weighted by molar-refractivity contribution is -0.122. The van der Waals surface area contributed by atoms with E-state index in [-0.39, 0.29) is 11.9 Å². The highest BCUT2D eigenvalue weighted by Gasteiger charge is 2.21. The average molecular weight is 358 g/mol. The van der Waals surface area contributed by atoms with Crippen molar-refractivity contribution in [1.82, 2.24) is 15.2 Å². The minimum Gasteiger partial charge on any atom is -0.352 e. The van der Waals surface area contributed by atoms with Gasteiger partial charge in [0.2, 0.25) is 5.91 Å². The maximum Gasteiger partial charge on any atom is 0.220 e. The number of amides is 1. The van der Waals surface area contributed by atoms with Crippen LogP contribution in [0.5, 0.6) is 0 Å². The van der Waals surface area contributed by atoms with Crippen molar-refractivity contribution in [3.63, 3.8) is 0 Å². The van der Waals surface area contributed by atoms with Gasteiger partial charge in [-0.15, -0.1) is 0 Å². The normalized spacial score (nSPS) is 18.0. The summed E-state index contributed by atoms with van der Waals surface area (Å²) < 4.78 is 0. The molecule has 1 atom stereocenters. The Morgan fingerprint density at radius 3 is 2.88 bits per heavy atom. The summed E-state index contributed by atoms with van der Waals surface area (Å²) in [4.78, 5) is 19.0. The van der Waals surface area contributed by atoms with E-state index >= 15 is 0 Å². The lowest BCUT2D eigenvalue weighted by Crippen LogP contribution is -2.47. The van der Waals surface area contributed by atoms with Gasteiger partial charge in [-0.05, 0) is 49.6 Å². The molecule has 2 heterocycles. The second-order valence-corrected chi connectivity index (χ2v) is 6.96. The molecule has 0 spiro atoms. The van der Waals surface area contributed by atoms with Gasteiger partial charge in [-0.3, -0.25) is 14.7 Å². The predicted octanol–water partition coefficient (Wildman–Crippen LogP) is 3.45. The molecule has 0 aliphatic carbocycles. The molecule has 1 aliphatic heterocycles. The van der Waals surface area contributed by atoms with Crippen LogP contribution in [0.2, 0.25) is 5.02 Å². The molecule has 0 saturated carbocycles. The lowest BCUT2D eigenvalue weighted by atomic mass is 10.0. The Labute approximate surface area is 154 Å². The Kier molecular flexibility index (Phi) is 6.42. The highest BCUT2D eigenvalue weighted by atomic mass is 35.5. The molecule has 1 N–H and O–H groups in total. The van der Waals surface area contributed by atoms with E-state index in [0.717, 1.165) is 48.8 Å². The number of aryl methyl sites for hydroxylation is 1. The first-order chi connectivity index (χ1) is 12.2. The third kappa shape index (κ3) is 5.55. The van der Waals surface area contributed by atoms with Gasteiger partial charge in [0.05, 0.1) is 5.69 Å². The molecule has 1 aliphatic rings. The van der Waals surface area contributed by atoms with Crippen molar-refractivity contribution in [3.05, 3.63) is 64.9 Å². The summed E-state index contributed by atoms with van der Waals surface area (Å²) in [6.45, 7) is 2.78. The lowest BCUT2D eigenvalue weighted by Gasteiger charge is -2.32. The molecule has 1 saturated heterocycles. The van der Waals surface area contributed by atoms with Crippen molar-refractivity contribution < 1.29 is 4.79 Å². The summed E-state index contributed by atoms with van der Waals surface area (Å²) in [6.07, 6.45) is 5.11. The number of hydrogen-bond donors (Lipinski definition) is 1. The quantitative estimate of drug-likeness (QED) is 0.861. The number of rotatable bonds is 6. The predicted molar refractivity (Wildman–Crippen MR) is 100 cm³/mol. The number of carbonyl (C=O) groups is 1. The van der Waals surface area contributed by atoms with Crippen LogP contribution < -0.4 is 5.32 Å². The number of pyridine rings is 1. The molecular formula is C20H24ClN3O. The van der Waals surface area contributed by atoms with Crippen molar-refractivity contribution in [2.24, 2.45) is 0 Å². The van der Waals surface area contributed by atoms with Crippen LogP contribution in [0.4, 0.5) is 0 Å². The molecule has 0 unspecified atom stereocenters. The fourth-order valence-electron chi connectivity index (χ4n) is 3.29. The van der Waals surface area contributed by atoms with Crippen LogP contribution in [0.25, 0.3) is 0 Å². The smallest absolute Gasteiger partial charge is 0.220 e. The molecule has 2 aromatic rings. The van der Waals surface area contributed by atoms with Gasteiger partial charge in [0.15, 0.2) is 0 Å². The van der Waals surface area contributed by atoms with E-state index in [0.29, 0.717) is 12.8 Å². The van der Waals surface area contributed by atoms with Gasteiger partial charge < -0.3 is 5.32 Å². The standard InChI is InChI=1S/C20H24ClN3O/c21-19-9-2-1-6-16(19)10-11-20(25)23-18-8-5-13-24(15-18)14-17-7-3-4-12-22-17/h1-4,6-7,9,12,18H,5,8,10-11,13-15H2,(H,23,25)/t18-/m0/s1. The van der Waals surface area contributed by atoms with Gasteiger partial charge in [0, 0.05) is 36.8 Å². The topological polar surface area (TPSA) is 45.2 Å². The summed E-state index contributed by atoms with van der Waals surface area (Å²) in [5, 5.41) is 3.91. The van der Waals surface area contributed by atoms with E-state index in [4.69, 9.17) is 11.6 Å². The molecule has 132 valence electrons. The number of likely N-dealkylation sites (tertiary alicyclic amines) is 1. The molecular weight excluding hydrogens is 334 g/mol. The van der Waals surface area contributed by atoms with Crippen LogP contribution in [0.1, 0.15) is 30.5 Å². The van der Waals surface area contributed by atoms with Crippen molar-refractivity contribution >= 4 is 17.5 Å². The molecule has 1 fully saturated rings. The monoisotopic (exact) mass is 357 g/mol. The Balaban J connectivity index is 1.45. The molecule has 1 aromatic carbocycles. The molecule has 1 aromatic heterocycles. The summed E-state index contributed by atoms with van der Waals surface area (Å²) in [5.41, 5.74) is 2.10. The number of nitrogens with one attached hydrogen (secondary N) is 1. The van der Waals surface area contributed by atoms with E-state index in [9.17, 15) is 4.79 Å². The zero-order valence-corrected chi connectivity index (χ0v) is 15.1. The number of hydrogen-bond acceptors (Lipinski definition) is 3. The summed E-state index contributed by atoms with van der Waals surface area (Å²) in [5.74, 6) is 0.101. The number of nitrogens with zero attached hydrogens (tertiary/aromatic N) is 2. The Morgan fingerprint density at radius 1 is 1.24 bits per heavy atom. The van der Waals surface area contributed by atoms with E-state index in [1.807, 2.05) is 48.7 Å². The van der Waals surface area contributed by atoms with Gasteiger partial charge in [-0.2, -0.15) is 0 Å². The van der Waals surface area contributed by atoms with Gasteiger partial charge >= 0.3 is 0 Å². The van der Waals surface area contributed by atoms with Crippen molar-refractivity contribution in [3.8, 4) is 0 Å². The maximum absolute atomic E-state index is 12.3. The Morgan fingerprint density at radius 2 is 2.08 bits per heavy atom. The van der Waals surface area contributed by atoms with E-state index in [1.54, 1.807) is 0 Å². The minimum absolute atomic E-state index is 0.101. The molecule has 4 nitrogen and oxygen atoms in total. The summed E-state index contributed by atoms with van der Waals surface area (Å²) in [6, 6.07) is 13.9. The van der Waals surface area contributed by atoms with E-state index < -0.39 is 0 Å². The minimum atomic E-state index is 0.101. The Hall–Kier alpha value is -1.91. The first kappa shape index (κ1) is 17.9. The fraction of sp³-hybridized carbons (Fsp3) is 0.400. The van der Waals surface area contributed by atoms with Crippen LogP contribution in [0.3, 0.4) is 0 Å². The van der Waals surface area contributed by atoms with E-state index in [2.05, 4.69) is 15.2 Å². The Bertz CT molecular complexity index is 692. The van der Waals surface area contributed by atoms with Crippen molar-refractivity contribution in [2.45, 2.75) is 38.3 Å². The molecule has 3 rings (SSSR count). The second-order valence-electron chi connectivity index (χ2n) is 6.55. The third-order valence-electron chi connectivity index (χ3n) is 4.56. The van der Waals surface area contributed by atoms with Crippen LogP contribution in [-0.2, 0) is 17.8 Å². The van der Waals surface area contributed by atoms with E-state index in [1.165, 1.54) is 0 Å². The largest absolute Gasteiger partial charge is 0.352 e. The zero-order chi connectivity index (χ0) is 17.5. The van der Waals surface area contributed by atoms with Crippen LogP contribution >= 0.6 is 11.6 Å². The summed E-state index contributed by atoms with van der Waals surface area (Å²) >= 11 is 6.15. The molecule has 0 radical (unpaired) electrons. The average Bonchev–Trinajstić information content (AvgIpc) is 2.62. The van der Waals surface area contributed by atoms with Gasteiger partial charge in [-0.1, -0.05) is 35.9 Å². The fourth-order valence-corrected chi connectivity index (χ4v) is 3.52. The van der Waals surface area contributed by atoms with Gasteiger partial charge in [-0.25, -0.2) is 0 Å². The molecule has 5 heteroatoms. The molecule has 1 amide bonds. The first-order valence-corrected chi connectivity index (χ1v) is 9.23. The SMILES string of the molecule is O=C(CCc1ccccc1Cl)N[C@H]1CCCN(Cc2ccccn2)C1. The highest BCUT2D eigenvalue weighted by molar-refractivity contribution is 6.31. The van der Waals surface area contributed by atoms with Gasteiger partial charge in [0.1, 0.15) is 0 Å². The van der Waals surface area contributed by atoms with Crippen molar-refractivity contribution in [2.75, 3.05) is 13.1 Å². The first-order valence-electron chi connectivity index (χ1n) is 8.86. The highest BCUT2D eigenvalue weighted by Crippen LogP contribution is 2.17. The van der Waals surface area contributed by atoms with Crippen LogP contribution in [-0.4, -0.2) is 34.9 Å². The number of halogens is 1. The number of aromatic nitrogens is 1. The molecule has 0 bridgehead atoms. The van der Waals surface area contributed by atoms with Crippen molar-refractivity contribution in [1.29, 1.82) is 0 Å². The van der Waals surface area contributed by atoms with Crippen LogP contribution in [0, 0.1) is 0 Å². The second kappa shape index (κ2) is 8.97. The number of benzene rings is 1.